The van der Waals surface area contributed by atoms with E-state index in [0.29, 0.717) is 16.5 Å². The van der Waals surface area contributed by atoms with Crippen LogP contribution in [0.15, 0.2) is 24.3 Å². The highest BCUT2D eigenvalue weighted by molar-refractivity contribution is 5.85. The van der Waals surface area contributed by atoms with Crippen molar-refractivity contribution >= 4 is 16.9 Å². The highest BCUT2D eigenvalue weighted by Crippen LogP contribution is 2.34. The zero-order chi connectivity index (χ0) is 14.2. The molecule has 0 fully saturated rings. The third-order valence-corrected chi connectivity index (χ3v) is 3.01. The van der Waals surface area contributed by atoms with E-state index in [1.165, 1.54) is 0 Å². The highest BCUT2D eigenvalue weighted by atomic mass is 19.4. The highest BCUT2D eigenvalue weighted by Gasteiger charge is 2.33. The first-order valence-electron chi connectivity index (χ1n) is 5.69. The van der Waals surface area contributed by atoms with Crippen molar-refractivity contribution in [3.8, 4) is 0 Å². The lowest BCUT2D eigenvalue weighted by Gasteiger charge is -2.10. The summed E-state index contributed by atoms with van der Waals surface area (Å²) in [6.45, 7) is 1.68. The molecule has 1 aromatic carbocycles. The summed E-state index contributed by atoms with van der Waals surface area (Å²) in [5.41, 5.74) is 0.145. The van der Waals surface area contributed by atoms with Crippen molar-refractivity contribution in [2.24, 2.45) is 0 Å². The van der Waals surface area contributed by atoms with E-state index in [0.717, 1.165) is 6.07 Å². The fourth-order valence-corrected chi connectivity index (χ4v) is 2.13. The molecule has 2 N–H and O–H groups in total. The van der Waals surface area contributed by atoms with Gasteiger partial charge in [0.15, 0.2) is 0 Å². The van der Waals surface area contributed by atoms with E-state index >= 15 is 0 Å². The van der Waals surface area contributed by atoms with Gasteiger partial charge in [-0.05, 0) is 23.6 Å². The Balaban J connectivity index is 2.51. The van der Waals surface area contributed by atoms with Crippen LogP contribution in [0, 0.1) is 0 Å². The number of H-pyrrole nitrogens is 1. The van der Waals surface area contributed by atoms with Crippen molar-refractivity contribution in [2.75, 3.05) is 0 Å². The molecule has 0 radical (unpaired) electrons. The molecule has 0 spiro atoms. The summed E-state index contributed by atoms with van der Waals surface area (Å²) >= 11 is 0. The van der Waals surface area contributed by atoms with Gasteiger partial charge in [-0.1, -0.05) is 19.1 Å². The molecule has 3 nitrogen and oxygen atoms in total. The maximum absolute atomic E-state index is 12.6. The molecular formula is C13H12F3NO2. The summed E-state index contributed by atoms with van der Waals surface area (Å²) in [7, 11) is 0. The van der Waals surface area contributed by atoms with Crippen LogP contribution in [0.25, 0.3) is 10.9 Å². The van der Waals surface area contributed by atoms with Crippen LogP contribution < -0.4 is 0 Å². The molecule has 1 aromatic heterocycles. The van der Waals surface area contributed by atoms with E-state index < -0.39 is 17.8 Å². The maximum atomic E-state index is 12.6. The Morgan fingerprint density at radius 3 is 2.68 bits per heavy atom. The van der Waals surface area contributed by atoms with Gasteiger partial charge in [-0.15, -0.1) is 0 Å². The quantitative estimate of drug-likeness (QED) is 0.892. The second-order valence-electron chi connectivity index (χ2n) is 4.49. The molecule has 6 heteroatoms. The first-order chi connectivity index (χ1) is 8.79. The van der Waals surface area contributed by atoms with Crippen LogP contribution in [0.3, 0.4) is 0 Å². The number of hydrogen-bond donors (Lipinski definition) is 2. The fourth-order valence-electron chi connectivity index (χ4n) is 2.13. The van der Waals surface area contributed by atoms with Gasteiger partial charge in [0.05, 0.1) is 6.42 Å². The predicted molar refractivity (Wildman–Crippen MR) is 64.0 cm³/mol. The Morgan fingerprint density at radius 2 is 2.11 bits per heavy atom. The number of benzene rings is 1. The molecule has 102 valence electrons. The van der Waals surface area contributed by atoms with Gasteiger partial charge in [0.2, 0.25) is 0 Å². The summed E-state index contributed by atoms with van der Waals surface area (Å²) in [5.74, 6) is -1.32. The van der Waals surface area contributed by atoms with E-state index in [1.807, 2.05) is 0 Å². The number of carboxylic acid groups (broad SMARTS) is 1. The number of rotatable bonds is 3. The van der Waals surface area contributed by atoms with Crippen molar-refractivity contribution in [1.29, 1.82) is 0 Å². The SMILES string of the molecule is CC(CC(=O)O)c1cccc2[nH]c(C(F)(F)F)cc12. The van der Waals surface area contributed by atoms with Gasteiger partial charge in [0, 0.05) is 10.9 Å². The summed E-state index contributed by atoms with van der Waals surface area (Å²) in [4.78, 5) is 13.0. The number of aromatic amines is 1. The number of hydrogen-bond acceptors (Lipinski definition) is 1. The van der Waals surface area contributed by atoms with Crippen LogP contribution in [-0.2, 0) is 11.0 Å². The molecule has 0 saturated heterocycles. The maximum Gasteiger partial charge on any atom is 0.431 e. The number of nitrogens with one attached hydrogen (secondary N) is 1. The van der Waals surface area contributed by atoms with E-state index in [9.17, 15) is 18.0 Å². The number of aliphatic carboxylic acids is 1. The average molecular weight is 271 g/mol. The number of alkyl halides is 3. The average Bonchev–Trinajstić information content (AvgIpc) is 2.70. The van der Waals surface area contributed by atoms with Crippen LogP contribution in [-0.4, -0.2) is 16.1 Å². The summed E-state index contributed by atoms with van der Waals surface area (Å²) < 4.78 is 37.9. The molecule has 2 aromatic rings. The third-order valence-electron chi connectivity index (χ3n) is 3.01. The van der Waals surface area contributed by atoms with E-state index in [1.54, 1.807) is 25.1 Å². The minimum absolute atomic E-state index is 0.119. The molecule has 1 unspecified atom stereocenters. The zero-order valence-electron chi connectivity index (χ0n) is 10.1. The minimum atomic E-state index is -4.44. The second kappa shape index (κ2) is 4.60. The molecule has 1 heterocycles. The van der Waals surface area contributed by atoms with Gasteiger partial charge >= 0.3 is 12.1 Å². The minimum Gasteiger partial charge on any atom is -0.481 e. The third kappa shape index (κ3) is 2.72. The van der Waals surface area contributed by atoms with Gasteiger partial charge in [-0.3, -0.25) is 4.79 Å². The van der Waals surface area contributed by atoms with Crippen molar-refractivity contribution in [2.45, 2.75) is 25.4 Å². The monoisotopic (exact) mass is 271 g/mol. The topological polar surface area (TPSA) is 53.1 Å². The van der Waals surface area contributed by atoms with Crippen LogP contribution in [0.1, 0.15) is 30.5 Å². The van der Waals surface area contributed by atoms with Crippen LogP contribution in [0.5, 0.6) is 0 Å². The van der Waals surface area contributed by atoms with Crippen LogP contribution in [0.4, 0.5) is 13.2 Å². The van der Waals surface area contributed by atoms with Crippen molar-refractivity contribution in [3.63, 3.8) is 0 Å². The lowest BCUT2D eigenvalue weighted by Crippen LogP contribution is -2.04. The Kier molecular flexibility index (Phi) is 3.26. The largest absolute Gasteiger partial charge is 0.481 e. The van der Waals surface area contributed by atoms with Crippen molar-refractivity contribution < 1.29 is 23.1 Å². The normalized spacial score (nSPS) is 13.7. The summed E-state index contributed by atoms with van der Waals surface area (Å²) in [6.07, 6.45) is -4.56. The Bertz CT molecular complexity index is 616. The number of carboxylic acids is 1. The Labute approximate surface area is 107 Å². The number of fused-ring (bicyclic) bond motifs is 1. The number of aromatic nitrogens is 1. The fraction of sp³-hybridized carbons (Fsp3) is 0.308. The molecule has 0 saturated carbocycles. The predicted octanol–water partition coefficient (Wildman–Crippen LogP) is 3.76. The van der Waals surface area contributed by atoms with Crippen molar-refractivity contribution in [1.82, 2.24) is 4.98 Å². The first kappa shape index (κ1) is 13.5. The van der Waals surface area contributed by atoms with E-state index in [4.69, 9.17) is 5.11 Å². The molecule has 0 bridgehead atoms. The molecular weight excluding hydrogens is 259 g/mol. The van der Waals surface area contributed by atoms with Crippen LogP contribution >= 0.6 is 0 Å². The van der Waals surface area contributed by atoms with Crippen LogP contribution in [0.2, 0.25) is 0 Å². The van der Waals surface area contributed by atoms with E-state index in [2.05, 4.69) is 4.98 Å². The molecule has 0 aliphatic rings. The Morgan fingerprint density at radius 1 is 1.42 bits per heavy atom. The Hall–Kier alpha value is -1.98. The van der Waals surface area contributed by atoms with Gasteiger partial charge < -0.3 is 10.1 Å². The molecule has 2 rings (SSSR count). The lowest BCUT2D eigenvalue weighted by atomic mass is 9.95. The van der Waals surface area contributed by atoms with Gasteiger partial charge in [0.25, 0.3) is 0 Å². The van der Waals surface area contributed by atoms with Gasteiger partial charge in [-0.2, -0.15) is 13.2 Å². The summed E-state index contributed by atoms with van der Waals surface area (Å²) in [6, 6.07) is 5.85. The standard InChI is InChI=1S/C13H12F3NO2/c1-7(5-12(18)19)8-3-2-4-10-9(8)6-11(17-10)13(14,15)16/h2-4,6-7,17H,5H2,1H3,(H,18,19). The summed E-state index contributed by atoms with van der Waals surface area (Å²) in [5, 5.41) is 9.18. The van der Waals surface area contributed by atoms with Gasteiger partial charge in [-0.25, -0.2) is 0 Å². The first-order valence-corrected chi connectivity index (χ1v) is 5.69. The molecule has 0 aliphatic heterocycles. The van der Waals surface area contributed by atoms with Crippen molar-refractivity contribution in [3.05, 3.63) is 35.5 Å². The number of halogens is 3. The second-order valence-corrected chi connectivity index (χ2v) is 4.49. The molecule has 0 aliphatic carbocycles. The molecule has 19 heavy (non-hydrogen) atoms. The zero-order valence-corrected chi connectivity index (χ0v) is 10.1. The van der Waals surface area contributed by atoms with E-state index in [-0.39, 0.29) is 12.3 Å². The van der Waals surface area contributed by atoms with Gasteiger partial charge in [0.1, 0.15) is 5.69 Å². The number of carbonyl (C=O) groups is 1. The lowest BCUT2D eigenvalue weighted by molar-refractivity contribution is -0.140. The molecule has 0 amide bonds. The molecule has 1 atom stereocenters. The smallest absolute Gasteiger partial charge is 0.431 e.